The van der Waals surface area contributed by atoms with Gasteiger partial charge in [0.05, 0.1) is 0 Å². The highest BCUT2D eigenvalue weighted by molar-refractivity contribution is 5.93. The monoisotopic (exact) mass is 272 g/mol. The molecule has 106 valence electrons. The van der Waals surface area contributed by atoms with Gasteiger partial charge in [0, 0.05) is 31.8 Å². The topological polar surface area (TPSA) is 49.4 Å². The van der Waals surface area contributed by atoms with Crippen LogP contribution < -0.4 is 10.2 Å². The number of anilines is 2. The molecule has 1 N–H and O–H groups in total. The summed E-state index contributed by atoms with van der Waals surface area (Å²) < 4.78 is 0. The first-order valence-corrected chi connectivity index (χ1v) is 6.87. The van der Waals surface area contributed by atoms with Crippen molar-refractivity contribution in [1.29, 1.82) is 0 Å². The number of rotatable bonds is 4. The number of benzene rings is 1. The van der Waals surface area contributed by atoms with Crippen molar-refractivity contribution >= 4 is 23.2 Å². The van der Waals surface area contributed by atoms with Crippen LogP contribution in [0.3, 0.4) is 0 Å². The summed E-state index contributed by atoms with van der Waals surface area (Å²) in [7, 11) is 1.72. The number of allylic oxidation sites excluding steroid dienone is 2. The first-order chi connectivity index (χ1) is 9.56. The molecule has 2 amide bonds. The summed E-state index contributed by atoms with van der Waals surface area (Å²) in [5, 5.41) is 2.89. The molecule has 1 aromatic carbocycles. The van der Waals surface area contributed by atoms with Crippen LogP contribution in [0.2, 0.25) is 0 Å². The molecule has 0 saturated carbocycles. The van der Waals surface area contributed by atoms with Crippen LogP contribution in [0.4, 0.5) is 11.4 Å². The third-order valence-corrected chi connectivity index (χ3v) is 3.57. The highest BCUT2D eigenvalue weighted by Gasteiger charge is 2.14. The van der Waals surface area contributed by atoms with E-state index in [0.717, 1.165) is 24.2 Å². The van der Waals surface area contributed by atoms with Crippen LogP contribution in [-0.4, -0.2) is 18.9 Å². The highest BCUT2D eigenvalue weighted by Crippen LogP contribution is 2.22. The van der Waals surface area contributed by atoms with E-state index in [1.165, 1.54) is 6.92 Å². The summed E-state index contributed by atoms with van der Waals surface area (Å²) in [6.07, 6.45) is 6.92. The van der Waals surface area contributed by atoms with Gasteiger partial charge >= 0.3 is 0 Å². The molecule has 0 saturated heterocycles. The maximum absolute atomic E-state index is 11.9. The fourth-order valence-electron chi connectivity index (χ4n) is 2.27. The standard InChI is InChI=1S/C16H20N2O2/c1-12(19)18(2)15-9-7-14(8-10-15)17-16(20)11-13-5-3-4-6-13/h3,5,7-10,13H,4,6,11H2,1-2H3,(H,17,20). The van der Waals surface area contributed by atoms with Gasteiger partial charge in [-0.2, -0.15) is 0 Å². The molecule has 1 aliphatic rings. The largest absolute Gasteiger partial charge is 0.326 e. The average Bonchev–Trinajstić information content (AvgIpc) is 2.91. The fraction of sp³-hybridized carbons (Fsp3) is 0.375. The molecule has 1 atom stereocenters. The van der Waals surface area contributed by atoms with E-state index in [9.17, 15) is 9.59 Å². The molecule has 4 nitrogen and oxygen atoms in total. The lowest BCUT2D eigenvalue weighted by molar-refractivity contribution is -0.117. The van der Waals surface area contributed by atoms with Crippen molar-refractivity contribution in [2.24, 2.45) is 5.92 Å². The Hall–Kier alpha value is -2.10. The molecule has 4 heteroatoms. The third kappa shape index (κ3) is 3.70. The van der Waals surface area contributed by atoms with Gasteiger partial charge in [-0.05, 0) is 43.0 Å². The second-order valence-electron chi connectivity index (χ2n) is 5.14. The minimum atomic E-state index is -0.0187. The number of carbonyl (C=O) groups is 2. The third-order valence-electron chi connectivity index (χ3n) is 3.57. The number of hydrogen-bond acceptors (Lipinski definition) is 2. The molecule has 0 fully saturated rings. The van der Waals surface area contributed by atoms with E-state index < -0.39 is 0 Å². The molecular weight excluding hydrogens is 252 g/mol. The van der Waals surface area contributed by atoms with E-state index in [4.69, 9.17) is 0 Å². The summed E-state index contributed by atoms with van der Waals surface area (Å²) in [4.78, 5) is 24.7. The normalized spacial score (nSPS) is 17.0. The summed E-state index contributed by atoms with van der Waals surface area (Å²) in [6, 6.07) is 7.29. The molecule has 0 bridgehead atoms. The predicted molar refractivity (Wildman–Crippen MR) is 80.6 cm³/mol. The molecule has 0 aliphatic heterocycles. The second kappa shape index (κ2) is 6.37. The van der Waals surface area contributed by atoms with E-state index in [2.05, 4.69) is 17.5 Å². The molecule has 0 aromatic heterocycles. The Morgan fingerprint density at radius 1 is 1.30 bits per heavy atom. The van der Waals surface area contributed by atoms with Crippen LogP contribution in [0, 0.1) is 5.92 Å². The van der Waals surface area contributed by atoms with Gasteiger partial charge in [-0.3, -0.25) is 9.59 Å². The smallest absolute Gasteiger partial charge is 0.224 e. The van der Waals surface area contributed by atoms with Crippen LogP contribution >= 0.6 is 0 Å². The van der Waals surface area contributed by atoms with E-state index in [1.807, 2.05) is 24.3 Å². The summed E-state index contributed by atoms with van der Waals surface area (Å²) in [6.45, 7) is 1.52. The minimum absolute atomic E-state index is 0.0187. The van der Waals surface area contributed by atoms with Gasteiger partial charge in [-0.1, -0.05) is 12.2 Å². The first-order valence-electron chi connectivity index (χ1n) is 6.87. The molecule has 0 spiro atoms. The molecule has 1 aromatic rings. The maximum Gasteiger partial charge on any atom is 0.224 e. The van der Waals surface area contributed by atoms with Crippen LogP contribution in [0.25, 0.3) is 0 Å². The zero-order valence-electron chi connectivity index (χ0n) is 11.9. The lowest BCUT2D eigenvalue weighted by Crippen LogP contribution is -2.22. The van der Waals surface area contributed by atoms with Gasteiger partial charge in [0.1, 0.15) is 0 Å². The van der Waals surface area contributed by atoms with E-state index in [-0.39, 0.29) is 11.8 Å². The zero-order valence-corrected chi connectivity index (χ0v) is 11.9. The maximum atomic E-state index is 11.9. The van der Waals surface area contributed by atoms with E-state index in [0.29, 0.717) is 12.3 Å². The SMILES string of the molecule is CC(=O)N(C)c1ccc(NC(=O)CC2C=CCC2)cc1. The summed E-state index contributed by atoms with van der Waals surface area (Å²) in [5.41, 5.74) is 1.58. The fourth-order valence-corrected chi connectivity index (χ4v) is 2.27. The molecule has 0 radical (unpaired) electrons. The molecule has 0 heterocycles. The second-order valence-corrected chi connectivity index (χ2v) is 5.14. The number of hydrogen-bond donors (Lipinski definition) is 1. The molecule has 2 rings (SSSR count). The molecule has 1 aliphatic carbocycles. The van der Waals surface area contributed by atoms with Crippen molar-refractivity contribution in [1.82, 2.24) is 0 Å². The van der Waals surface area contributed by atoms with Gasteiger partial charge in [0.15, 0.2) is 0 Å². The summed E-state index contributed by atoms with van der Waals surface area (Å²) in [5.74, 6) is 0.391. The first kappa shape index (κ1) is 14.3. The lowest BCUT2D eigenvalue weighted by atomic mass is 10.1. The van der Waals surface area contributed by atoms with Crippen LogP contribution in [-0.2, 0) is 9.59 Å². The van der Waals surface area contributed by atoms with Crippen molar-refractivity contribution in [3.8, 4) is 0 Å². The Morgan fingerprint density at radius 3 is 2.55 bits per heavy atom. The van der Waals surface area contributed by atoms with E-state index >= 15 is 0 Å². The van der Waals surface area contributed by atoms with Crippen molar-refractivity contribution in [2.75, 3.05) is 17.3 Å². The Bertz CT molecular complexity index is 520. The highest BCUT2D eigenvalue weighted by atomic mass is 16.2. The minimum Gasteiger partial charge on any atom is -0.326 e. The van der Waals surface area contributed by atoms with Crippen molar-refractivity contribution < 1.29 is 9.59 Å². The van der Waals surface area contributed by atoms with E-state index in [1.54, 1.807) is 11.9 Å². The Morgan fingerprint density at radius 2 is 2.00 bits per heavy atom. The van der Waals surface area contributed by atoms with Gasteiger partial charge in [0.2, 0.25) is 11.8 Å². The van der Waals surface area contributed by atoms with Crippen LogP contribution in [0.1, 0.15) is 26.2 Å². The molecular formula is C16H20N2O2. The Balaban J connectivity index is 1.91. The average molecular weight is 272 g/mol. The Kier molecular flexibility index (Phi) is 4.56. The van der Waals surface area contributed by atoms with Gasteiger partial charge in [-0.15, -0.1) is 0 Å². The van der Waals surface area contributed by atoms with Crippen LogP contribution in [0.15, 0.2) is 36.4 Å². The number of nitrogens with zero attached hydrogens (tertiary/aromatic N) is 1. The van der Waals surface area contributed by atoms with Crippen molar-refractivity contribution in [2.45, 2.75) is 26.2 Å². The zero-order chi connectivity index (χ0) is 14.5. The molecule has 1 unspecified atom stereocenters. The van der Waals surface area contributed by atoms with Gasteiger partial charge in [0.25, 0.3) is 0 Å². The van der Waals surface area contributed by atoms with Crippen molar-refractivity contribution in [3.05, 3.63) is 36.4 Å². The lowest BCUT2D eigenvalue weighted by Gasteiger charge is -2.15. The van der Waals surface area contributed by atoms with Crippen molar-refractivity contribution in [3.63, 3.8) is 0 Å². The Labute approximate surface area is 119 Å². The molecule has 20 heavy (non-hydrogen) atoms. The number of nitrogens with one attached hydrogen (secondary N) is 1. The van der Waals surface area contributed by atoms with Gasteiger partial charge in [-0.25, -0.2) is 0 Å². The predicted octanol–water partition coefficient (Wildman–Crippen LogP) is 2.96. The van der Waals surface area contributed by atoms with Crippen LogP contribution in [0.5, 0.6) is 0 Å². The number of amides is 2. The number of carbonyl (C=O) groups excluding carboxylic acids is 2. The van der Waals surface area contributed by atoms with Gasteiger partial charge < -0.3 is 10.2 Å². The quantitative estimate of drug-likeness (QED) is 0.857. The summed E-state index contributed by atoms with van der Waals surface area (Å²) >= 11 is 0.